The first-order valence-electron chi connectivity index (χ1n) is 13.6. The van der Waals surface area contributed by atoms with E-state index in [4.69, 9.17) is 9.72 Å². The van der Waals surface area contributed by atoms with E-state index in [1.165, 1.54) is 36.2 Å². The number of carbonyl (C=O) groups excluding carboxylic acids is 1. The van der Waals surface area contributed by atoms with Crippen LogP contribution in [0.1, 0.15) is 94.0 Å². The molecule has 0 saturated heterocycles. The SMILES string of the molecule is O=C(O)[C@H](CCOC1CC(CCc2ccc3c(n2)CCCC3)C1)NC(=O)C12CCC(CC1)CC2. The van der Waals surface area contributed by atoms with Crippen molar-refractivity contribution in [1.82, 2.24) is 10.3 Å². The Hall–Kier alpha value is -1.95. The number of carboxylic acid groups (broad SMARTS) is 1. The Kier molecular flexibility index (Phi) is 7.24. The number of nitrogens with one attached hydrogen (secondary N) is 1. The van der Waals surface area contributed by atoms with Crippen LogP contribution in [-0.4, -0.2) is 40.7 Å². The van der Waals surface area contributed by atoms with Crippen molar-refractivity contribution in [1.29, 1.82) is 0 Å². The summed E-state index contributed by atoms with van der Waals surface area (Å²) in [6, 6.07) is 3.63. The van der Waals surface area contributed by atoms with Gasteiger partial charge in [0.1, 0.15) is 6.04 Å². The molecule has 2 N–H and O–H groups in total. The van der Waals surface area contributed by atoms with Crippen molar-refractivity contribution in [2.24, 2.45) is 17.3 Å². The minimum absolute atomic E-state index is 0.0439. The molecule has 1 amide bonds. The van der Waals surface area contributed by atoms with Crippen LogP contribution in [0, 0.1) is 17.3 Å². The largest absolute Gasteiger partial charge is 0.480 e. The number of carbonyl (C=O) groups is 2. The van der Waals surface area contributed by atoms with Crippen molar-refractivity contribution in [3.8, 4) is 0 Å². The normalized spacial score (nSPS) is 30.8. The highest BCUT2D eigenvalue weighted by atomic mass is 16.5. The molecule has 6 rings (SSSR count). The number of aryl methyl sites for hydroxylation is 3. The molecule has 1 heterocycles. The number of fused-ring (bicyclic) bond motifs is 4. The summed E-state index contributed by atoms with van der Waals surface area (Å²) in [6.45, 7) is 0.385. The minimum Gasteiger partial charge on any atom is -0.480 e. The first kappa shape index (κ1) is 23.8. The quantitative estimate of drug-likeness (QED) is 0.523. The molecule has 34 heavy (non-hydrogen) atoms. The highest BCUT2D eigenvalue weighted by Crippen LogP contribution is 2.50. The van der Waals surface area contributed by atoms with E-state index in [1.54, 1.807) is 0 Å². The van der Waals surface area contributed by atoms with Gasteiger partial charge in [-0.3, -0.25) is 9.78 Å². The van der Waals surface area contributed by atoms with E-state index in [1.807, 2.05) is 0 Å². The standard InChI is InChI=1S/C28H40N2O4/c31-26(32)25(30-27(33)28-13-9-19(10-14-28)11-15-28)12-16-34-23-17-20(18-23)5-7-22-8-6-21-3-1-2-4-24(21)29-22/h6,8,19-20,23,25H,1-5,7,9-18H2,(H,30,33)(H,31,32)/t19?,20?,23?,25-,28?/m0/s1. The van der Waals surface area contributed by atoms with Crippen molar-refractivity contribution in [3.05, 3.63) is 29.1 Å². The molecule has 5 aliphatic carbocycles. The van der Waals surface area contributed by atoms with Crippen LogP contribution >= 0.6 is 0 Å². The number of hydrogen-bond acceptors (Lipinski definition) is 4. The van der Waals surface area contributed by atoms with Gasteiger partial charge in [-0.1, -0.05) is 6.07 Å². The van der Waals surface area contributed by atoms with E-state index < -0.39 is 12.0 Å². The van der Waals surface area contributed by atoms with Crippen molar-refractivity contribution in [2.75, 3.05) is 6.61 Å². The highest BCUT2D eigenvalue weighted by Gasteiger charge is 2.46. The van der Waals surface area contributed by atoms with Gasteiger partial charge < -0.3 is 15.2 Å². The lowest BCUT2D eigenvalue weighted by molar-refractivity contribution is -0.147. The lowest BCUT2D eigenvalue weighted by Gasteiger charge is -2.45. The predicted molar refractivity (Wildman–Crippen MR) is 129 cm³/mol. The van der Waals surface area contributed by atoms with Gasteiger partial charge in [-0.15, -0.1) is 0 Å². The summed E-state index contributed by atoms with van der Waals surface area (Å²) >= 11 is 0. The fraction of sp³-hybridized carbons (Fsp3) is 0.750. The zero-order valence-corrected chi connectivity index (χ0v) is 20.4. The van der Waals surface area contributed by atoms with Crippen LogP contribution in [0.25, 0.3) is 0 Å². The van der Waals surface area contributed by atoms with E-state index in [0.29, 0.717) is 18.9 Å². The zero-order valence-electron chi connectivity index (χ0n) is 20.4. The number of amides is 1. The lowest BCUT2D eigenvalue weighted by atomic mass is 9.60. The third kappa shape index (κ3) is 5.32. The van der Waals surface area contributed by atoms with Gasteiger partial charge in [0.2, 0.25) is 5.91 Å². The molecule has 4 saturated carbocycles. The average Bonchev–Trinajstić information content (AvgIpc) is 2.84. The van der Waals surface area contributed by atoms with E-state index in [9.17, 15) is 14.7 Å². The molecule has 5 aliphatic rings. The second-order valence-electron chi connectivity index (χ2n) is 11.4. The number of hydrogen-bond donors (Lipinski definition) is 2. The Balaban J connectivity index is 1.00. The minimum atomic E-state index is -0.957. The molecular formula is C28H40N2O4. The summed E-state index contributed by atoms with van der Waals surface area (Å²) in [5.74, 6) is 0.441. The van der Waals surface area contributed by atoms with Crippen LogP contribution in [0.15, 0.2) is 12.1 Å². The van der Waals surface area contributed by atoms with Gasteiger partial charge in [0.05, 0.1) is 6.10 Å². The number of pyridine rings is 1. The Morgan fingerprint density at radius 2 is 1.85 bits per heavy atom. The Labute approximate surface area is 203 Å². The number of rotatable bonds is 10. The number of aliphatic carboxylic acids is 1. The monoisotopic (exact) mass is 468 g/mol. The van der Waals surface area contributed by atoms with Crippen molar-refractivity contribution < 1.29 is 19.4 Å². The molecule has 0 unspecified atom stereocenters. The van der Waals surface area contributed by atoms with Gasteiger partial charge in [0.25, 0.3) is 0 Å². The number of aromatic nitrogens is 1. The van der Waals surface area contributed by atoms with E-state index >= 15 is 0 Å². The first-order valence-corrected chi connectivity index (χ1v) is 13.6. The molecule has 1 aromatic rings. The smallest absolute Gasteiger partial charge is 0.326 e. The average molecular weight is 469 g/mol. The zero-order chi connectivity index (χ0) is 23.5. The van der Waals surface area contributed by atoms with E-state index in [0.717, 1.165) is 76.5 Å². The number of ether oxygens (including phenoxy) is 1. The topological polar surface area (TPSA) is 88.5 Å². The summed E-state index contributed by atoms with van der Waals surface area (Å²) in [6.07, 6.45) is 15.7. The molecule has 1 atom stereocenters. The predicted octanol–water partition coefficient (Wildman–Crippen LogP) is 4.62. The fourth-order valence-corrected chi connectivity index (χ4v) is 6.68. The van der Waals surface area contributed by atoms with Gasteiger partial charge >= 0.3 is 5.97 Å². The van der Waals surface area contributed by atoms with Gasteiger partial charge in [-0.2, -0.15) is 0 Å². The van der Waals surface area contributed by atoms with Gasteiger partial charge in [-0.25, -0.2) is 4.79 Å². The van der Waals surface area contributed by atoms with Crippen LogP contribution in [0.5, 0.6) is 0 Å². The molecule has 0 radical (unpaired) electrons. The maximum Gasteiger partial charge on any atom is 0.326 e. The molecular weight excluding hydrogens is 428 g/mol. The molecule has 6 heteroatoms. The molecule has 0 aromatic carbocycles. The van der Waals surface area contributed by atoms with Crippen LogP contribution in [0.2, 0.25) is 0 Å². The summed E-state index contributed by atoms with van der Waals surface area (Å²) < 4.78 is 5.97. The first-order chi connectivity index (χ1) is 16.5. The Bertz CT molecular complexity index is 873. The molecule has 2 bridgehead atoms. The lowest BCUT2D eigenvalue weighted by Crippen LogP contribution is -2.52. The van der Waals surface area contributed by atoms with Crippen molar-refractivity contribution in [3.63, 3.8) is 0 Å². The number of carboxylic acids is 1. The van der Waals surface area contributed by atoms with E-state index in [-0.39, 0.29) is 17.4 Å². The Morgan fingerprint density at radius 1 is 1.12 bits per heavy atom. The van der Waals surface area contributed by atoms with Gasteiger partial charge in [0, 0.05) is 29.8 Å². The number of nitrogens with zero attached hydrogens (tertiary/aromatic N) is 1. The van der Waals surface area contributed by atoms with Gasteiger partial charge in [-0.05, 0) is 113 Å². The Morgan fingerprint density at radius 3 is 2.59 bits per heavy atom. The molecule has 6 nitrogen and oxygen atoms in total. The maximum absolute atomic E-state index is 12.9. The summed E-state index contributed by atoms with van der Waals surface area (Å²) in [7, 11) is 0. The molecule has 186 valence electrons. The maximum atomic E-state index is 12.9. The summed E-state index contributed by atoms with van der Waals surface area (Å²) in [4.78, 5) is 29.6. The van der Waals surface area contributed by atoms with Crippen LogP contribution in [0.4, 0.5) is 0 Å². The van der Waals surface area contributed by atoms with Crippen LogP contribution in [0.3, 0.4) is 0 Å². The van der Waals surface area contributed by atoms with E-state index in [2.05, 4.69) is 17.4 Å². The fourth-order valence-electron chi connectivity index (χ4n) is 6.68. The third-order valence-corrected chi connectivity index (χ3v) is 9.18. The van der Waals surface area contributed by atoms with Crippen molar-refractivity contribution in [2.45, 2.75) is 108 Å². The summed E-state index contributed by atoms with van der Waals surface area (Å²) in [5.41, 5.74) is 3.65. The second-order valence-corrected chi connectivity index (χ2v) is 11.4. The highest BCUT2D eigenvalue weighted by molar-refractivity contribution is 5.87. The van der Waals surface area contributed by atoms with Gasteiger partial charge in [0.15, 0.2) is 0 Å². The molecule has 4 fully saturated rings. The molecule has 0 spiro atoms. The molecule has 0 aliphatic heterocycles. The summed E-state index contributed by atoms with van der Waals surface area (Å²) in [5, 5.41) is 12.5. The second kappa shape index (κ2) is 10.3. The van der Waals surface area contributed by atoms with Crippen molar-refractivity contribution >= 4 is 11.9 Å². The van der Waals surface area contributed by atoms with Crippen LogP contribution in [-0.2, 0) is 33.6 Å². The van der Waals surface area contributed by atoms with Crippen LogP contribution < -0.4 is 5.32 Å². The third-order valence-electron chi connectivity index (χ3n) is 9.18. The molecule has 1 aromatic heterocycles.